The Bertz CT molecular complexity index is 3550. The third-order valence-corrected chi connectivity index (χ3v) is 16.7. The molecule has 0 atom stereocenters. The van der Waals surface area contributed by atoms with Crippen molar-refractivity contribution in [3.05, 3.63) is 132 Å². The number of pyridine rings is 2. The second-order valence-corrected chi connectivity index (χ2v) is 23.8. The fraction of sp³-hybridized carbons (Fsp3) is 0.411. The summed E-state index contributed by atoms with van der Waals surface area (Å²) in [6.07, 6.45) is 10.9. The summed E-state index contributed by atoms with van der Waals surface area (Å²) in [7, 11) is 3.48. The number of thiazole rings is 2. The fourth-order valence-electron chi connectivity index (χ4n) is 10.2. The van der Waals surface area contributed by atoms with Gasteiger partial charge in [-0.1, -0.05) is 46.5 Å². The molecule has 4 fully saturated rings. The van der Waals surface area contributed by atoms with Crippen molar-refractivity contribution >= 4 is 101 Å². The SMILES string of the molecule is C.C.C.CC(C)(C)OC(=O)N1CC2(CCN(c3ccncc3NC(=O)c3csc(Br)n3)CC2)C1.Cn1c(=O)[nH]c2ccccc21.Cn1c(=O)n(-c2nc(C(=O)Nc3cnccc3N3CCC4(CC3)CNC4)cs2)c2ccccc21. The largest absolute Gasteiger partial charge is 0.444 e. The van der Waals surface area contributed by atoms with E-state index < -0.39 is 5.60 Å². The van der Waals surface area contributed by atoms with Gasteiger partial charge in [0.1, 0.15) is 17.0 Å². The Kier molecular flexibility index (Phi) is 18.4. The van der Waals surface area contributed by atoms with Gasteiger partial charge in [0, 0.05) is 95.0 Å². The number of aryl methyl sites for hydroxylation is 2. The molecule has 4 saturated heterocycles. The molecule has 420 valence electrons. The Balaban J connectivity index is 0.000000186. The molecule has 0 radical (unpaired) electrons. The number of halogens is 1. The quantitative estimate of drug-likeness (QED) is 0.117. The molecule has 0 unspecified atom stereocenters. The molecule has 12 rings (SSSR count). The number of nitrogens with one attached hydrogen (secondary N) is 4. The van der Waals surface area contributed by atoms with E-state index in [1.165, 1.54) is 22.7 Å². The highest BCUT2D eigenvalue weighted by molar-refractivity contribution is 9.11. The third kappa shape index (κ3) is 12.8. The maximum Gasteiger partial charge on any atom is 0.410 e. The number of benzene rings is 2. The third-order valence-electron chi connectivity index (χ3n) is 14.5. The van der Waals surface area contributed by atoms with Crippen molar-refractivity contribution in [2.24, 2.45) is 24.9 Å². The minimum atomic E-state index is -0.472. The van der Waals surface area contributed by atoms with Crippen LogP contribution in [0, 0.1) is 10.8 Å². The van der Waals surface area contributed by atoms with Crippen LogP contribution in [0.1, 0.15) is 89.7 Å². The number of aromatic nitrogens is 8. The predicted octanol–water partition coefficient (Wildman–Crippen LogP) is 9.79. The summed E-state index contributed by atoms with van der Waals surface area (Å²) in [5.41, 5.74) is 7.22. The zero-order valence-corrected chi connectivity index (χ0v) is 46.1. The number of carbonyl (C=O) groups is 3. The smallest absolute Gasteiger partial charge is 0.410 e. The number of piperidine rings is 2. The van der Waals surface area contributed by atoms with Crippen LogP contribution < -0.4 is 37.1 Å². The van der Waals surface area contributed by atoms with Crippen molar-refractivity contribution in [3.63, 3.8) is 0 Å². The number of amides is 3. The number of nitrogens with zero attached hydrogens (tertiary/aromatic N) is 10. The van der Waals surface area contributed by atoms with Crippen LogP contribution in [0.5, 0.6) is 0 Å². The highest BCUT2D eigenvalue weighted by atomic mass is 79.9. The molecule has 3 amide bonds. The normalized spacial score (nSPS) is 15.9. The molecule has 10 heterocycles. The van der Waals surface area contributed by atoms with Gasteiger partial charge in [-0.3, -0.25) is 28.7 Å². The number of imidazole rings is 2. The van der Waals surface area contributed by atoms with Crippen molar-refractivity contribution in [1.29, 1.82) is 0 Å². The van der Waals surface area contributed by atoms with Crippen molar-refractivity contribution in [3.8, 4) is 5.13 Å². The average Bonchev–Trinajstić information content (AvgIpc) is 4.18. The number of likely N-dealkylation sites (tertiary alicyclic amines) is 1. The van der Waals surface area contributed by atoms with E-state index in [1.807, 2.05) is 81.4 Å². The number of anilines is 4. The molecule has 4 aliphatic heterocycles. The zero-order chi connectivity index (χ0) is 53.4. The Labute approximate surface area is 476 Å². The first kappa shape index (κ1) is 59.5. The van der Waals surface area contributed by atoms with Gasteiger partial charge < -0.3 is 40.4 Å². The standard InChI is InChI=1S/C24H25N7O2S.C21H26BrN5O3S.C8H8N2O.3CH4/c1-29-19-4-2-3-5-20(19)31(23(29)33)22-28-17(13-34-22)21(32)27-16-12-25-9-6-18(16)30-10-7-24(8-11-30)14-26-15-24;1-20(2,3)30-19(29)27-12-21(13-27)5-8-26(9-6-21)16-4-7-23-10-14(16)24-17(28)15-11-31-18(22)25-15;1-10-7-5-3-2-4-6(7)9-8(10)11;;;/h2-6,9,12-13,26H,7-8,10-11,14-15H2,1H3,(H,27,32);4,7,10-11H,5-6,8-9,12-13H2,1-3H3,(H,24,28);2-5H,1H3,(H,9,11);3*1H4. The van der Waals surface area contributed by atoms with Gasteiger partial charge in [-0.05, 0) is 104 Å². The monoisotopic (exact) mass is 1180 g/mol. The number of fused-ring (bicyclic) bond motifs is 2. The number of rotatable bonds is 7. The lowest BCUT2D eigenvalue weighted by Gasteiger charge is -2.54. The molecule has 2 aromatic carbocycles. The van der Waals surface area contributed by atoms with Gasteiger partial charge in [0.05, 0.1) is 57.2 Å². The van der Waals surface area contributed by atoms with Crippen LogP contribution in [0.3, 0.4) is 0 Å². The van der Waals surface area contributed by atoms with Gasteiger partial charge in [-0.15, -0.1) is 22.7 Å². The lowest BCUT2D eigenvalue weighted by molar-refractivity contribution is -0.0434. The second-order valence-electron chi connectivity index (χ2n) is 20.8. The molecule has 6 aromatic heterocycles. The Hall–Kier alpha value is -7.21. The predicted molar refractivity (Wildman–Crippen MR) is 321 cm³/mol. The van der Waals surface area contributed by atoms with E-state index in [4.69, 9.17) is 4.74 Å². The topological polar surface area (TPSA) is 223 Å². The highest BCUT2D eigenvalue weighted by Crippen LogP contribution is 2.43. The second kappa shape index (κ2) is 24.4. The van der Waals surface area contributed by atoms with Gasteiger partial charge in [-0.2, -0.15) is 0 Å². The highest BCUT2D eigenvalue weighted by Gasteiger charge is 2.48. The van der Waals surface area contributed by atoms with Crippen LogP contribution in [-0.2, 0) is 18.8 Å². The van der Waals surface area contributed by atoms with Crippen molar-refractivity contribution in [1.82, 2.24) is 48.8 Å². The summed E-state index contributed by atoms with van der Waals surface area (Å²) in [5.74, 6) is -0.571. The van der Waals surface area contributed by atoms with E-state index in [0.29, 0.717) is 31.5 Å². The van der Waals surface area contributed by atoms with Crippen LogP contribution in [0.2, 0.25) is 0 Å². The van der Waals surface area contributed by atoms with Crippen LogP contribution in [0.4, 0.5) is 27.5 Å². The Morgan fingerprint density at radius 1 is 0.684 bits per heavy atom. The number of ether oxygens (including phenoxy) is 1. The van der Waals surface area contributed by atoms with Crippen LogP contribution >= 0.6 is 38.6 Å². The van der Waals surface area contributed by atoms with Crippen molar-refractivity contribution in [2.45, 2.75) is 74.3 Å². The van der Waals surface area contributed by atoms with E-state index in [9.17, 15) is 24.0 Å². The maximum atomic E-state index is 13.1. The average molecular weight is 1180 g/mol. The van der Waals surface area contributed by atoms with Crippen LogP contribution in [0.25, 0.3) is 27.2 Å². The van der Waals surface area contributed by atoms with E-state index in [2.05, 4.69) is 66.6 Å². The molecule has 0 bridgehead atoms. The fourth-order valence-corrected chi connectivity index (χ4v) is 12.0. The van der Waals surface area contributed by atoms with Gasteiger partial charge in [-0.25, -0.2) is 28.9 Å². The number of hydrogen-bond acceptors (Lipinski definition) is 15. The Morgan fingerprint density at radius 2 is 1.20 bits per heavy atom. The van der Waals surface area contributed by atoms with E-state index in [0.717, 1.165) is 111 Å². The minimum Gasteiger partial charge on any atom is -0.444 e. The molecular formula is C56H71BrN14O6S2. The minimum absolute atomic E-state index is 0. The van der Waals surface area contributed by atoms with Gasteiger partial charge in [0.2, 0.25) is 0 Å². The number of carbonyl (C=O) groups excluding carboxylic acids is 3. The summed E-state index contributed by atoms with van der Waals surface area (Å²) >= 11 is 5.93. The molecular weight excluding hydrogens is 1110 g/mol. The molecule has 4 N–H and O–H groups in total. The molecule has 8 aromatic rings. The van der Waals surface area contributed by atoms with Gasteiger partial charge >= 0.3 is 17.5 Å². The molecule has 20 nitrogen and oxygen atoms in total. The molecule has 4 aliphatic rings. The lowest BCUT2D eigenvalue weighted by atomic mass is 9.72. The van der Waals surface area contributed by atoms with E-state index >= 15 is 0 Å². The van der Waals surface area contributed by atoms with E-state index in [1.54, 1.807) is 68.2 Å². The summed E-state index contributed by atoms with van der Waals surface area (Å²) in [6.45, 7) is 13.0. The molecule has 79 heavy (non-hydrogen) atoms. The summed E-state index contributed by atoms with van der Waals surface area (Å²) in [5, 5.41) is 13.2. The Morgan fingerprint density at radius 3 is 1.72 bits per heavy atom. The van der Waals surface area contributed by atoms with Crippen LogP contribution in [-0.4, -0.2) is 119 Å². The van der Waals surface area contributed by atoms with E-state index in [-0.39, 0.29) is 62.7 Å². The zero-order valence-electron chi connectivity index (χ0n) is 42.8. The summed E-state index contributed by atoms with van der Waals surface area (Å²) < 4.78 is 10.9. The molecule has 0 aliphatic carbocycles. The molecule has 2 spiro atoms. The number of H-pyrrole nitrogens is 1. The van der Waals surface area contributed by atoms with Gasteiger partial charge in [0.15, 0.2) is 9.05 Å². The lowest BCUT2D eigenvalue weighted by Crippen LogP contribution is -2.62. The first-order valence-corrected chi connectivity index (χ1v) is 27.6. The first-order valence-electron chi connectivity index (χ1n) is 25.0. The maximum absolute atomic E-state index is 13.1. The van der Waals surface area contributed by atoms with Crippen LogP contribution in [0.15, 0.2) is 110 Å². The van der Waals surface area contributed by atoms with Crippen molar-refractivity contribution in [2.75, 3.05) is 72.8 Å². The number of hydrogen-bond donors (Lipinski definition) is 4. The first-order chi connectivity index (χ1) is 36.5. The van der Waals surface area contributed by atoms with Gasteiger partial charge in [0.25, 0.3) is 11.8 Å². The molecule has 23 heteroatoms. The van der Waals surface area contributed by atoms with Crippen molar-refractivity contribution < 1.29 is 19.1 Å². The molecule has 0 saturated carbocycles. The number of para-hydroxylation sites is 4. The number of aromatic amines is 1. The summed E-state index contributed by atoms with van der Waals surface area (Å²) in [4.78, 5) is 88.0. The summed E-state index contributed by atoms with van der Waals surface area (Å²) in [6, 6.07) is 19.0.